The molecule has 1 aliphatic rings. The van der Waals surface area contributed by atoms with E-state index in [1.807, 2.05) is 4.57 Å². The summed E-state index contributed by atoms with van der Waals surface area (Å²) in [6.45, 7) is 1.94. The molecule has 17 heavy (non-hydrogen) atoms. The molecule has 0 unspecified atom stereocenters. The van der Waals surface area contributed by atoms with Crippen LogP contribution in [0.5, 0.6) is 0 Å². The number of hydrogen-bond donors (Lipinski definition) is 2. The average Bonchev–Trinajstić information content (AvgIpc) is 2.65. The molecule has 1 aliphatic heterocycles. The molecule has 3 rings (SSSR count). The van der Waals surface area contributed by atoms with Crippen LogP contribution in [0.25, 0.3) is 11.0 Å². The summed E-state index contributed by atoms with van der Waals surface area (Å²) < 4.78 is 15.3. The number of hydrogen-bond acceptors (Lipinski definition) is 3. The number of nitrogen functional groups attached to an aromatic ring is 1. The predicted molar refractivity (Wildman–Crippen MR) is 65.2 cm³/mol. The maximum absolute atomic E-state index is 13.3. The largest absolute Gasteiger partial charge is 0.369 e. The van der Waals surface area contributed by atoms with E-state index in [9.17, 15) is 4.39 Å². The van der Waals surface area contributed by atoms with Crippen LogP contribution >= 0.6 is 0 Å². The van der Waals surface area contributed by atoms with Crippen molar-refractivity contribution < 1.29 is 4.39 Å². The molecule has 0 aliphatic carbocycles. The fraction of sp³-hybridized carbons (Fsp3) is 0.417. The van der Waals surface area contributed by atoms with E-state index >= 15 is 0 Å². The van der Waals surface area contributed by atoms with Crippen LogP contribution < -0.4 is 11.1 Å². The van der Waals surface area contributed by atoms with Crippen molar-refractivity contribution in [1.29, 1.82) is 0 Å². The Bertz CT molecular complexity index is 543. The third-order valence-corrected chi connectivity index (χ3v) is 3.35. The van der Waals surface area contributed by atoms with Crippen molar-refractivity contribution in [3.63, 3.8) is 0 Å². The van der Waals surface area contributed by atoms with Gasteiger partial charge in [-0.1, -0.05) is 0 Å². The lowest BCUT2D eigenvalue weighted by Crippen LogP contribution is -2.29. The van der Waals surface area contributed by atoms with Gasteiger partial charge in [-0.2, -0.15) is 0 Å². The van der Waals surface area contributed by atoms with Crippen LogP contribution in [0, 0.1) is 5.82 Å². The molecule has 0 radical (unpaired) electrons. The standard InChI is InChI=1S/C12H15FN4/c13-8-1-2-10-11(7-8)17(12(14)16-10)9-3-5-15-6-4-9/h1-2,7,9,15H,3-6H2,(H2,14,16). The second-order valence-electron chi connectivity index (χ2n) is 4.45. The molecule has 5 heteroatoms. The first-order chi connectivity index (χ1) is 8.25. The van der Waals surface area contributed by atoms with Gasteiger partial charge in [0.2, 0.25) is 5.95 Å². The van der Waals surface area contributed by atoms with Gasteiger partial charge in [0.15, 0.2) is 0 Å². The fourth-order valence-electron chi connectivity index (χ4n) is 2.53. The molecule has 90 valence electrons. The summed E-state index contributed by atoms with van der Waals surface area (Å²) in [5.41, 5.74) is 7.51. The normalized spacial score (nSPS) is 17.7. The van der Waals surface area contributed by atoms with Crippen LogP contribution in [0.4, 0.5) is 10.3 Å². The maximum Gasteiger partial charge on any atom is 0.201 e. The Balaban J connectivity index is 2.13. The lowest BCUT2D eigenvalue weighted by molar-refractivity contribution is 0.378. The van der Waals surface area contributed by atoms with Gasteiger partial charge in [0, 0.05) is 6.04 Å². The highest BCUT2D eigenvalue weighted by Gasteiger charge is 2.20. The SMILES string of the molecule is Nc1nc2ccc(F)cc2n1C1CCNCC1. The van der Waals surface area contributed by atoms with Crippen molar-refractivity contribution in [2.75, 3.05) is 18.8 Å². The number of nitrogens with two attached hydrogens (primary N) is 1. The van der Waals surface area contributed by atoms with E-state index in [2.05, 4.69) is 10.3 Å². The van der Waals surface area contributed by atoms with Gasteiger partial charge in [-0.05, 0) is 44.1 Å². The molecule has 0 bridgehead atoms. The van der Waals surface area contributed by atoms with Crippen molar-refractivity contribution in [2.24, 2.45) is 0 Å². The minimum atomic E-state index is -0.243. The third-order valence-electron chi connectivity index (χ3n) is 3.35. The van der Waals surface area contributed by atoms with E-state index in [1.54, 1.807) is 6.07 Å². The molecule has 0 atom stereocenters. The molecule has 1 aromatic heterocycles. The van der Waals surface area contributed by atoms with Gasteiger partial charge in [-0.15, -0.1) is 0 Å². The highest BCUT2D eigenvalue weighted by atomic mass is 19.1. The number of imidazole rings is 1. The molecule has 2 heterocycles. The van der Waals surface area contributed by atoms with E-state index in [0.717, 1.165) is 37.0 Å². The number of halogens is 1. The van der Waals surface area contributed by atoms with Crippen molar-refractivity contribution in [3.05, 3.63) is 24.0 Å². The topological polar surface area (TPSA) is 55.9 Å². The average molecular weight is 234 g/mol. The zero-order valence-electron chi connectivity index (χ0n) is 9.49. The van der Waals surface area contributed by atoms with Gasteiger partial charge >= 0.3 is 0 Å². The summed E-state index contributed by atoms with van der Waals surface area (Å²) >= 11 is 0. The Kier molecular flexibility index (Phi) is 2.48. The molecular formula is C12H15FN4. The molecular weight excluding hydrogens is 219 g/mol. The van der Waals surface area contributed by atoms with E-state index in [4.69, 9.17) is 5.73 Å². The molecule has 0 amide bonds. The number of rotatable bonds is 1. The highest BCUT2D eigenvalue weighted by molar-refractivity contribution is 5.78. The van der Waals surface area contributed by atoms with Crippen molar-refractivity contribution in [1.82, 2.24) is 14.9 Å². The number of fused-ring (bicyclic) bond motifs is 1. The van der Waals surface area contributed by atoms with E-state index in [-0.39, 0.29) is 5.82 Å². The maximum atomic E-state index is 13.3. The van der Waals surface area contributed by atoms with E-state index < -0.39 is 0 Å². The van der Waals surface area contributed by atoms with Crippen LogP contribution in [-0.2, 0) is 0 Å². The van der Waals surface area contributed by atoms with E-state index in [1.165, 1.54) is 12.1 Å². The summed E-state index contributed by atoms with van der Waals surface area (Å²) in [4.78, 5) is 4.28. The van der Waals surface area contributed by atoms with Gasteiger partial charge < -0.3 is 15.6 Å². The minimum absolute atomic E-state index is 0.243. The zero-order chi connectivity index (χ0) is 11.8. The smallest absolute Gasteiger partial charge is 0.201 e. The molecule has 1 aromatic carbocycles. The molecule has 0 spiro atoms. The first-order valence-electron chi connectivity index (χ1n) is 5.89. The number of nitrogens with zero attached hydrogens (tertiary/aromatic N) is 2. The van der Waals surface area contributed by atoms with Gasteiger partial charge in [-0.3, -0.25) is 0 Å². The predicted octanol–water partition coefficient (Wildman–Crippen LogP) is 1.68. The van der Waals surface area contributed by atoms with Crippen LogP contribution in [0.2, 0.25) is 0 Å². The Hall–Kier alpha value is -1.62. The lowest BCUT2D eigenvalue weighted by Gasteiger charge is -2.25. The third kappa shape index (κ3) is 1.76. The molecule has 4 nitrogen and oxygen atoms in total. The summed E-state index contributed by atoms with van der Waals surface area (Å²) in [5.74, 6) is 0.241. The number of benzene rings is 1. The first-order valence-corrected chi connectivity index (χ1v) is 5.89. The number of aromatic nitrogens is 2. The van der Waals surface area contributed by atoms with Crippen LogP contribution in [0.3, 0.4) is 0 Å². The Morgan fingerprint density at radius 3 is 2.88 bits per heavy atom. The zero-order valence-corrected chi connectivity index (χ0v) is 9.49. The number of anilines is 1. The van der Waals surface area contributed by atoms with E-state index in [0.29, 0.717) is 12.0 Å². The Morgan fingerprint density at radius 1 is 1.35 bits per heavy atom. The van der Waals surface area contributed by atoms with Gasteiger partial charge in [0.1, 0.15) is 5.82 Å². The Labute approximate surface area is 98.6 Å². The summed E-state index contributed by atoms with van der Waals surface area (Å²) in [6, 6.07) is 4.93. The number of nitrogens with one attached hydrogen (secondary N) is 1. The summed E-state index contributed by atoms with van der Waals surface area (Å²) in [7, 11) is 0. The minimum Gasteiger partial charge on any atom is -0.369 e. The van der Waals surface area contributed by atoms with Crippen LogP contribution in [0.15, 0.2) is 18.2 Å². The molecule has 0 saturated carbocycles. The monoisotopic (exact) mass is 234 g/mol. The van der Waals surface area contributed by atoms with Crippen molar-refractivity contribution in [2.45, 2.75) is 18.9 Å². The van der Waals surface area contributed by atoms with Crippen molar-refractivity contribution in [3.8, 4) is 0 Å². The molecule has 3 N–H and O–H groups in total. The number of piperidine rings is 1. The molecule has 2 aromatic rings. The summed E-state index contributed by atoms with van der Waals surface area (Å²) in [5, 5.41) is 3.31. The van der Waals surface area contributed by atoms with Gasteiger partial charge in [-0.25, -0.2) is 9.37 Å². The van der Waals surface area contributed by atoms with Crippen LogP contribution in [-0.4, -0.2) is 22.6 Å². The molecule has 1 fully saturated rings. The second-order valence-corrected chi connectivity index (χ2v) is 4.45. The highest BCUT2D eigenvalue weighted by Crippen LogP contribution is 2.28. The Morgan fingerprint density at radius 2 is 2.12 bits per heavy atom. The van der Waals surface area contributed by atoms with Crippen molar-refractivity contribution >= 4 is 17.0 Å². The fourth-order valence-corrected chi connectivity index (χ4v) is 2.53. The molecule has 1 saturated heterocycles. The second kappa shape index (κ2) is 4.00. The van der Waals surface area contributed by atoms with Gasteiger partial charge in [0.25, 0.3) is 0 Å². The van der Waals surface area contributed by atoms with Gasteiger partial charge in [0.05, 0.1) is 11.0 Å². The summed E-state index contributed by atoms with van der Waals surface area (Å²) in [6.07, 6.45) is 2.01. The quantitative estimate of drug-likeness (QED) is 0.789. The van der Waals surface area contributed by atoms with Crippen LogP contribution in [0.1, 0.15) is 18.9 Å². The first kappa shape index (κ1) is 10.5. The lowest BCUT2D eigenvalue weighted by atomic mass is 10.1.